The first-order valence-corrected chi connectivity index (χ1v) is 6.50. The van der Waals surface area contributed by atoms with Crippen LogP contribution in [-0.2, 0) is 6.42 Å². The fourth-order valence-corrected chi connectivity index (χ4v) is 2.69. The fourth-order valence-electron chi connectivity index (χ4n) is 2.69. The number of aryl methyl sites for hydroxylation is 1. The molecular weight excluding hydrogens is 210 g/mol. The van der Waals surface area contributed by atoms with Gasteiger partial charge >= 0.3 is 0 Å². The standard InChI is InChI=1S/C14H19N3/c1-11-13(10-12-6-2-4-8-15-12)16-14-7-3-5-9-17(11)14/h3,5,7,9,12,15H,2,4,6,8,10H2,1H3/t12-/m0/s1. The van der Waals surface area contributed by atoms with Crippen LogP contribution in [0.2, 0.25) is 0 Å². The van der Waals surface area contributed by atoms with Crippen molar-refractivity contribution in [1.29, 1.82) is 0 Å². The summed E-state index contributed by atoms with van der Waals surface area (Å²) in [6.45, 7) is 3.33. The van der Waals surface area contributed by atoms with Crippen LogP contribution in [0.3, 0.4) is 0 Å². The summed E-state index contributed by atoms with van der Waals surface area (Å²) >= 11 is 0. The lowest BCUT2D eigenvalue weighted by molar-refractivity contribution is 0.397. The Morgan fingerprint density at radius 3 is 3.12 bits per heavy atom. The summed E-state index contributed by atoms with van der Waals surface area (Å²) in [4.78, 5) is 4.73. The molecule has 1 atom stereocenters. The number of hydrogen-bond acceptors (Lipinski definition) is 2. The van der Waals surface area contributed by atoms with Crippen molar-refractivity contribution >= 4 is 5.65 Å². The predicted octanol–water partition coefficient (Wildman–Crippen LogP) is 2.33. The van der Waals surface area contributed by atoms with Crippen LogP contribution in [0.1, 0.15) is 30.7 Å². The zero-order valence-corrected chi connectivity index (χ0v) is 10.3. The van der Waals surface area contributed by atoms with Crippen molar-refractivity contribution in [1.82, 2.24) is 14.7 Å². The molecule has 3 heteroatoms. The van der Waals surface area contributed by atoms with Crippen LogP contribution in [-0.4, -0.2) is 22.0 Å². The van der Waals surface area contributed by atoms with Gasteiger partial charge in [0, 0.05) is 24.4 Å². The number of rotatable bonds is 2. The number of pyridine rings is 1. The van der Waals surface area contributed by atoms with Crippen LogP contribution in [0.4, 0.5) is 0 Å². The summed E-state index contributed by atoms with van der Waals surface area (Å²) in [6, 6.07) is 6.80. The molecule has 1 aliphatic heterocycles. The van der Waals surface area contributed by atoms with E-state index in [2.05, 4.69) is 35.0 Å². The number of piperidine rings is 1. The van der Waals surface area contributed by atoms with Crippen LogP contribution in [0.5, 0.6) is 0 Å². The Bertz CT molecular complexity index is 509. The molecule has 1 fully saturated rings. The van der Waals surface area contributed by atoms with Gasteiger partial charge in [0.1, 0.15) is 5.65 Å². The van der Waals surface area contributed by atoms with Crippen molar-refractivity contribution in [2.45, 2.75) is 38.6 Å². The molecule has 0 aliphatic carbocycles. The summed E-state index contributed by atoms with van der Waals surface area (Å²) in [7, 11) is 0. The molecule has 0 bridgehead atoms. The molecular formula is C14H19N3. The Hall–Kier alpha value is -1.35. The third-order valence-electron chi connectivity index (χ3n) is 3.72. The van der Waals surface area contributed by atoms with Gasteiger partial charge in [0.25, 0.3) is 0 Å². The van der Waals surface area contributed by atoms with Gasteiger partial charge in [-0.05, 0) is 38.4 Å². The lowest BCUT2D eigenvalue weighted by atomic mass is 10.00. The van der Waals surface area contributed by atoms with E-state index in [4.69, 9.17) is 4.98 Å². The first-order chi connectivity index (χ1) is 8.34. The van der Waals surface area contributed by atoms with Gasteiger partial charge in [-0.15, -0.1) is 0 Å². The van der Waals surface area contributed by atoms with Crippen molar-refractivity contribution in [2.24, 2.45) is 0 Å². The van der Waals surface area contributed by atoms with Gasteiger partial charge in [-0.1, -0.05) is 12.5 Å². The summed E-state index contributed by atoms with van der Waals surface area (Å²) in [5, 5.41) is 3.59. The molecule has 3 nitrogen and oxygen atoms in total. The van der Waals surface area contributed by atoms with Crippen molar-refractivity contribution < 1.29 is 0 Å². The molecule has 2 aromatic rings. The highest BCUT2D eigenvalue weighted by Gasteiger charge is 2.16. The quantitative estimate of drug-likeness (QED) is 0.856. The minimum atomic E-state index is 0.618. The van der Waals surface area contributed by atoms with Crippen LogP contribution < -0.4 is 5.32 Å². The zero-order valence-electron chi connectivity index (χ0n) is 10.3. The molecule has 0 spiro atoms. The molecule has 1 aliphatic rings. The van der Waals surface area contributed by atoms with E-state index in [0.29, 0.717) is 6.04 Å². The molecule has 0 amide bonds. The van der Waals surface area contributed by atoms with Crippen molar-refractivity contribution in [3.05, 3.63) is 35.8 Å². The maximum Gasteiger partial charge on any atom is 0.137 e. The van der Waals surface area contributed by atoms with Crippen LogP contribution in [0.25, 0.3) is 5.65 Å². The zero-order chi connectivity index (χ0) is 11.7. The van der Waals surface area contributed by atoms with Gasteiger partial charge in [-0.2, -0.15) is 0 Å². The smallest absolute Gasteiger partial charge is 0.137 e. The van der Waals surface area contributed by atoms with Gasteiger partial charge in [0.05, 0.1) is 5.69 Å². The number of hydrogen-bond donors (Lipinski definition) is 1. The van der Waals surface area contributed by atoms with E-state index in [-0.39, 0.29) is 0 Å². The third kappa shape index (κ3) is 2.07. The largest absolute Gasteiger partial charge is 0.314 e. The maximum absolute atomic E-state index is 4.73. The van der Waals surface area contributed by atoms with Gasteiger partial charge in [0.2, 0.25) is 0 Å². The number of nitrogens with zero attached hydrogens (tertiary/aromatic N) is 2. The minimum absolute atomic E-state index is 0.618. The molecule has 1 N–H and O–H groups in total. The van der Waals surface area contributed by atoms with E-state index in [1.54, 1.807) is 0 Å². The summed E-state index contributed by atoms with van der Waals surface area (Å²) < 4.78 is 2.18. The maximum atomic E-state index is 4.73. The molecule has 2 aromatic heterocycles. The van der Waals surface area contributed by atoms with Crippen molar-refractivity contribution in [3.8, 4) is 0 Å². The SMILES string of the molecule is Cc1c(C[C@@H]2CCCCN2)nc2ccccn12. The van der Waals surface area contributed by atoms with E-state index in [0.717, 1.165) is 18.6 Å². The average molecular weight is 229 g/mol. The minimum Gasteiger partial charge on any atom is -0.314 e. The molecule has 0 aromatic carbocycles. The Morgan fingerprint density at radius 2 is 2.35 bits per heavy atom. The second kappa shape index (κ2) is 4.49. The number of fused-ring (bicyclic) bond motifs is 1. The van der Waals surface area contributed by atoms with Gasteiger partial charge in [-0.3, -0.25) is 0 Å². The Balaban J connectivity index is 1.87. The van der Waals surface area contributed by atoms with E-state index in [9.17, 15) is 0 Å². The highest BCUT2D eigenvalue weighted by molar-refractivity contribution is 5.42. The summed E-state index contributed by atoms with van der Waals surface area (Å²) in [5.41, 5.74) is 3.60. The topological polar surface area (TPSA) is 29.3 Å². The molecule has 3 rings (SSSR count). The number of imidazole rings is 1. The van der Waals surface area contributed by atoms with Crippen LogP contribution in [0.15, 0.2) is 24.4 Å². The van der Waals surface area contributed by atoms with Crippen molar-refractivity contribution in [2.75, 3.05) is 6.54 Å². The van der Waals surface area contributed by atoms with Crippen molar-refractivity contribution in [3.63, 3.8) is 0 Å². The van der Waals surface area contributed by atoms with E-state index < -0.39 is 0 Å². The first kappa shape index (κ1) is 10.8. The van der Waals surface area contributed by atoms with Crippen LogP contribution in [0, 0.1) is 6.92 Å². The second-order valence-corrected chi connectivity index (χ2v) is 4.92. The third-order valence-corrected chi connectivity index (χ3v) is 3.72. The van der Waals surface area contributed by atoms with Gasteiger partial charge in [-0.25, -0.2) is 4.98 Å². The van der Waals surface area contributed by atoms with E-state index in [1.165, 1.54) is 30.7 Å². The molecule has 90 valence electrons. The summed E-state index contributed by atoms with van der Waals surface area (Å²) in [5.74, 6) is 0. The molecule has 0 saturated carbocycles. The lowest BCUT2D eigenvalue weighted by Gasteiger charge is -2.22. The lowest BCUT2D eigenvalue weighted by Crippen LogP contribution is -2.35. The van der Waals surface area contributed by atoms with Crippen LogP contribution >= 0.6 is 0 Å². The van der Waals surface area contributed by atoms with Gasteiger partial charge < -0.3 is 9.72 Å². The highest BCUT2D eigenvalue weighted by atomic mass is 15.0. The Morgan fingerprint density at radius 1 is 1.41 bits per heavy atom. The Labute approximate surface area is 102 Å². The van der Waals surface area contributed by atoms with E-state index in [1.807, 2.05) is 6.07 Å². The predicted molar refractivity (Wildman–Crippen MR) is 69.3 cm³/mol. The molecule has 17 heavy (non-hydrogen) atoms. The number of nitrogens with one attached hydrogen (secondary N) is 1. The molecule has 0 radical (unpaired) electrons. The Kier molecular flexibility index (Phi) is 2.85. The monoisotopic (exact) mass is 229 g/mol. The van der Waals surface area contributed by atoms with E-state index >= 15 is 0 Å². The summed E-state index contributed by atoms with van der Waals surface area (Å²) in [6.07, 6.45) is 7.11. The second-order valence-electron chi connectivity index (χ2n) is 4.92. The first-order valence-electron chi connectivity index (χ1n) is 6.50. The highest BCUT2D eigenvalue weighted by Crippen LogP contribution is 2.16. The fraction of sp³-hybridized carbons (Fsp3) is 0.500. The average Bonchev–Trinajstić information content (AvgIpc) is 2.68. The van der Waals surface area contributed by atoms with Gasteiger partial charge in [0.15, 0.2) is 0 Å². The number of aromatic nitrogens is 2. The molecule has 3 heterocycles. The molecule has 1 saturated heterocycles. The normalized spacial score (nSPS) is 20.9. The molecule has 0 unspecified atom stereocenters.